The molecule has 0 aliphatic carbocycles. The van der Waals surface area contributed by atoms with Gasteiger partial charge in [-0.05, 0) is 37.5 Å². The molecule has 1 aromatic carbocycles. The van der Waals surface area contributed by atoms with Crippen molar-refractivity contribution in [3.63, 3.8) is 0 Å². The summed E-state index contributed by atoms with van der Waals surface area (Å²) in [5.74, 6) is -0.628. The fourth-order valence-electron chi connectivity index (χ4n) is 2.54. The molecule has 0 aromatic heterocycles. The maximum atomic E-state index is 11.9. The number of nitrogens with zero attached hydrogens (tertiary/aromatic N) is 1. The van der Waals surface area contributed by atoms with Gasteiger partial charge >= 0.3 is 10.2 Å². The van der Waals surface area contributed by atoms with Gasteiger partial charge in [0.25, 0.3) is 5.91 Å². The molecular formula is C14H19N3O4S. The van der Waals surface area contributed by atoms with E-state index in [4.69, 9.17) is 0 Å². The molecule has 0 radical (unpaired) electrons. The van der Waals surface area contributed by atoms with Crippen LogP contribution in [0, 0.1) is 6.92 Å². The number of anilines is 1. The predicted octanol–water partition coefficient (Wildman–Crippen LogP) is 0.243. The first-order valence-electron chi connectivity index (χ1n) is 6.89. The lowest BCUT2D eigenvalue weighted by molar-refractivity contribution is -0.119. The number of hydrogen-bond acceptors (Lipinski definition) is 4. The van der Waals surface area contributed by atoms with Crippen molar-refractivity contribution in [1.29, 1.82) is 0 Å². The number of amides is 2. The molecule has 120 valence electrons. The van der Waals surface area contributed by atoms with Crippen LogP contribution in [0.2, 0.25) is 0 Å². The quantitative estimate of drug-likeness (QED) is 0.829. The summed E-state index contributed by atoms with van der Waals surface area (Å²) >= 11 is 0. The van der Waals surface area contributed by atoms with Crippen LogP contribution in [0.5, 0.6) is 0 Å². The molecule has 1 heterocycles. The average molecular weight is 325 g/mol. The molecule has 2 N–H and O–H groups in total. The third-order valence-corrected chi connectivity index (χ3v) is 4.73. The Morgan fingerprint density at radius 3 is 2.64 bits per heavy atom. The van der Waals surface area contributed by atoms with E-state index < -0.39 is 16.1 Å². The lowest BCUT2D eigenvalue weighted by atomic mass is 10.0. The maximum absolute atomic E-state index is 11.9. The van der Waals surface area contributed by atoms with E-state index in [-0.39, 0.29) is 18.5 Å². The Morgan fingerprint density at radius 1 is 1.45 bits per heavy atom. The second-order valence-corrected chi connectivity index (χ2v) is 7.06. The van der Waals surface area contributed by atoms with E-state index in [2.05, 4.69) is 5.32 Å². The molecule has 2 rings (SSSR count). The van der Waals surface area contributed by atoms with Crippen molar-refractivity contribution in [1.82, 2.24) is 10.0 Å². The Balaban J connectivity index is 2.20. The molecular weight excluding hydrogens is 306 g/mol. The van der Waals surface area contributed by atoms with E-state index in [1.807, 2.05) is 17.7 Å². The molecule has 2 amide bonds. The van der Waals surface area contributed by atoms with E-state index in [0.29, 0.717) is 12.1 Å². The number of benzene rings is 1. The van der Waals surface area contributed by atoms with Gasteiger partial charge < -0.3 is 5.32 Å². The van der Waals surface area contributed by atoms with E-state index >= 15 is 0 Å². The number of nitrogens with one attached hydrogen (secondary N) is 2. The minimum atomic E-state index is -3.79. The molecule has 1 aromatic rings. The van der Waals surface area contributed by atoms with Gasteiger partial charge in [-0.2, -0.15) is 8.42 Å². The first-order valence-corrected chi connectivity index (χ1v) is 8.33. The second kappa shape index (κ2) is 5.96. The minimum Gasteiger partial charge on any atom is -0.354 e. The Kier molecular flexibility index (Phi) is 4.41. The lowest BCUT2D eigenvalue weighted by Gasteiger charge is -2.19. The van der Waals surface area contributed by atoms with Gasteiger partial charge in [-0.1, -0.05) is 12.1 Å². The molecule has 1 fully saturated rings. The van der Waals surface area contributed by atoms with Gasteiger partial charge in [0, 0.05) is 13.0 Å². The van der Waals surface area contributed by atoms with Crippen LogP contribution in [0.1, 0.15) is 25.0 Å². The van der Waals surface area contributed by atoms with Crippen LogP contribution in [-0.4, -0.2) is 32.8 Å². The zero-order chi connectivity index (χ0) is 16.5. The van der Waals surface area contributed by atoms with Gasteiger partial charge in [-0.25, -0.2) is 9.03 Å². The third kappa shape index (κ3) is 3.56. The van der Waals surface area contributed by atoms with Gasteiger partial charge in [0.15, 0.2) is 0 Å². The molecule has 0 spiro atoms. The van der Waals surface area contributed by atoms with Crippen molar-refractivity contribution >= 4 is 27.7 Å². The zero-order valence-electron chi connectivity index (χ0n) is 12.7. The van der Waals surface area contributed by atoms with Crippen LogP contribution in [0.3, 0.4) is 0 Å². The Bertz CT molecular complexity index is 715. The molecule has 1 aliphatic heterocycles. The summed E-state index contributed by atoms with van der Waals surface area (Å²) in [4.78, 5) is 22.3. The van der Waals surface area contributed by atoms with Gasteiger partial charge in [-0.15, -0.1) is 0 Å². The SMILES string of the molecule is CC(=O)N[C@H](C)Cc1ccc(N2CC(=O)NS2(=O)=O)c(C)c1. The fourth-order valence-corrected chi connectivity index (χ4v) is 3.75. The summed E-state index contributed by atoms with van der Waals surface area (Å²) in [6, 6.07) is 5.34. The highest BCUT2D eigenvalue weighted by Gasteiger charge is 2.34. The topological polar surface area (TPSA) is 95.6 Å². The largest absolute Gasteiger partial charge is 0.354 e. The number of rotatable bonds is 4. The van der Waals surface area contributed by atoms with E-state index in [0.717, 1.165) is 15.4 Å². The lowest BCUT2D eigenvalue weighted by Crippen LogP contribution is -2.32. The molecule has 0 bridgehead atoms. The van der Waals surface area contributed by atoms with Crippen LogP contribution in [-0.2, 0) is 26.2 Å². The van der Waals surface area contributed by atoms with Gasteiger partial charge in [0.2, 0.25) is 5.91 Å². The fraction of sp³-hybridized carbons (Fsp3) is 0.429. The molecule has 7 nitrogen and oxygen atoms in total. The van der Waals surface area contributed by atoms with Crippen LogP contribution in [0.4, 0.5) is 5.69 Å². The molecule has 1 atom stereocenters. The standard InChI is InChI=1S/C14H19N3O4S/c1-9-6-12(7-10(2)15-11(3)18)4-5-13(9)17-8-14(19)16-22(17,20)21/h4-6,10H,7-8H2,1-3H3,(H,15,18)(H,16,19)/t10-/m1/s1. The number of carbonyl (C=O) groups is 2. The van der Waals surface area contributed by atoms with Crippen molar-refractivity contribution in [2.75, 3.05) is 10.8 Å². The first kappa shape index (κ1) is 16.3. The monoisotopic (exact) mass is 325 g/mol. The van der Waals surface area contributed by atoms with Gasteiger partial charge in [0.1, 0.15) is 6.54 Å². The number of aryl methyl sites for hydroxylation is 1. The van der Waals surface area contributed by atoms with Crippen LogP contribution in [0.15, 0.2) is 18.2 Å². The van der Waals surface area contributed by atoms with E-state index in [9.17, 15) is 18.0 Å². The zero-order valence-corrected chi connectivity index (χ0v) is 13.5. The average Bonchev–Trinajstić information content (AvgIpc) is 2.61. The van der Waals surface area contributed by atoms with E-state index in [1.54, 1.807) is 19.1 Å². The number of hydrogen-bond donors (Lipinski definition) is 2. The van der Waals surface area contributed by atoms with Gasteiger partial charge in [0.05, 0.1) is 5.69 Å². The Hall–Kier alpha value is -2.09. The molecule has 8 heteroatoms. The van der Waals surface area contributed by atoms with Crippen molar-refractivity contribution < 1.29 is 18.0 Å². The van der Waals surface area contributed by atoms with Gasteiger partial charge in [-0.3, -0.25) is 9.59 Å². The Labute approximate surface area is 129 Å². The third-order valence-electron chi connectivity index (χ3n) is 3.34. The predicted molar refractivity (Wildman–Crippen MR) is 82.6 cm³/mol. The van der Waals surface area contributed by atoms with Crippen molar-refractivity contribution in [3.05, 3.63) is 29.3 Å². The highest BCUT2D eigenvalue weighted by atomic mass is 32.2. The summed E-state index contributed by atoms with van der Waals surface area (Å²) in [5, 5.41) is 2.80. The van der Waals surface area contributed by atoms with Crippen LogP contribution < -0.4 is 14.3 Å². The summed E-state index contributed by atoms with van der Waals surface area (Å²) in [5.41, 5.74) is 2.22. The summed E-state index contributed by atoms with van der Waals surface area (Å²) in [6.07, 6.45) is 0.643. The minimum absolute atomic E-state index is 0.0125. The van der Waals surface area contributed by atoms with Crippen molar-refractivity contribution in [3.8, 4) is 0 Å². The summed E-state index contributed by atoms with van der Waals surface area (Å²) in [6.45, 7) is 4.95. The molecule has 1 saturated heterocycles. The summed E-state index contributed by atoms with van der Waals surface area (Å²) in [7, 11) is -3.79. The first-order chi connectivity index (χ1) is 10.2. The van der Waals surface area contributed by atoms with Crippen molar-refractivity contribution in [2.24, 2.45) is 0 Å². The maximum Gasteiger partial charge on any atom is 0.326 e. The summed E-state index contributed by atoms with van der Waals surface area (Å²) < 4.78 is 26.7. The molecule has 22 heavy (non-hydrogen) atoms. The van der Waals surface area contributed by atoms with Crippen LogP contribution in [0.25, 0.3) is 0 Å². The Morgan fingerprint density at radius 2 is 2.14 bits per heavy atom. The number of carbonyl (C=O) groups excluding carboxylic acids is 2. The highest BCUT2D eigenvalue weighted by molar-refractivity contribution is 7.92. The smallest absolute Gasteiger partial charge is 0.326 e. The normalized spacial score (nSPS) is 18.0. The van der Waals surface area contributed by atoms with Crippen molar-refractivity contribution in [2.45, 2.75) is 33.2 Å². The second-order valence-electron chi connectivity index (χ2n) is 5.46. The molecule has 0 unspecified atom stereocenters. The van der Waals surface area contributed by atoms with Crippen LogP contribution >= 0.6 is 0 Å². The molecule has 1 aliphatic rings. The van der Waals surface area contributed by atoms with E-state index in [1.165, 1.54) is 6.92 Å². The molecule has 0 saturated carbocycles. The highest BCUT2D eigenvalue weighted by Crippen LogP contribution is 2.25.